The molecule has 2 heterocycles. The molecular formula is C28H29N3O4. The van der Waals surface area contributed by atoms with Crippen LogP contribution in [0.4, 0.5) is 11.4 Å². The number of aromatic nitrogens is 1. The van der Waals surface area contributed by atoms with Crippen molar-refractivity contribution in [2.75, 3.05) is 23.9 Å². The summed E-state index contributed by atoms with van der Waals surface area (Å²) in [7, 11) is 3.88. The number of Topliss-reactive ketones (excluding diaryl/α,β-unsaturated/α-hetero) is 1. The summed E-state index contributed by atoms with van der Waals surface area (Å²) in [5.41, 5.74) is 3.92. The van der Waals surface area contributed by atoms with Gasteiger partial charge in [0.25, 0.3) is 11.7 Å². The van der Waals surface area contributed by atoms with Gasteiger partial charge in [-0.15, -0.1) is 0 Å². The van der Waals surface area contributed by atoms with Crippen molar-refractivity contribution in [3.8, 4) is 11.3 Å². The van der Waals surface area contributed by atoms with Crippen LogP contribution < -0.4 is 9.80 Å². The topological polar surface area (TPSA) is 86.9 Å². The van der Waals surface area contributed by atoms with Gasteiger partial charge in [-0.25, -0.2) is 0 Å². The van der Waals surface area contributed by atoms with E-state index in [1.54, 1.807) is 23.1 Å². The average Bonchev–Trinajstić information content (AvgIpc) is 3.52. The Kier molecular flexibility index (Phi) is 6.16. The number of hydrogen-bond donors (Lipinski definition) is 1. The quantitative estimate of drug-likeness (QED) is 0.311. The number of benzene rings is 2. The Balaban J connectivity index is 1.57. The molecule has 180 valence electrons. The van der Waals surface area contributed by atoms with Crippen LogP contribution in [0.25, 0.3) is 17.0 Å². The first-order valence-electron chi connectivity index (χ1n) is 12.1. The van der Waals surface area contributed by atoms with Gasteiger partial charge in [0.05, 0.1) is 11.6 Å². The molecule has 35 heavy (non-hydrogen) atoms. The maximum atomic E-state index is 13.4. The lowest BCUT2D eigenvalue weighted by Gasteiger charge is -2.34. The molecule has 1 aliphatic carbocycles. The number of amides is 1. The summed E-state index contributed by atoms with van der Waals surface area (Å²) in [4.78, 5) is 30.3. The third-order valence-electron chi connectivity index (χ3n) is 7.12. The van der Waals surface area contributed by atoms with E-state index in [-0.39, 0.29) is 17.3 Å². The summed E-state index contributed by atoms with van der Waals surface area (Å²) in [6.45, 7) is 0. The molecule has 0 spiro atoms. The maximum Gasteiger partial charge on any atom is 0.299 e. The van der Waals surface area contributed by atoms with Crippen LogP contribution in [0.3, 0.4) is 0 Å². The molecule has 1 N–H and O–H groups in total. The number of aliphatic hydroxyl groups excluding tert-OH is 1. The van der Waals surface area contributed by atoms with Crippen molar-refractivity contribution >= 4 is 28.8 Å². The Morgan fingerprint density at radius 3 is 2.26 bits per heavy atom. The Morgan fingerprint density at radius 2 is 1.66 bits per heavy atom. The van der Waals surface area contributed by atoms with E-state index < -0.39 is 17.7 Å². The second-order valence-electron chi connectivity index (χ2n) is 9.48. The van der Waals surface area contributed by atoms with E-state index in [4.69, 9.17) is 4.52 Å². The molecule has 1 aliphatic heterocycles. The van der Waals surface area contributed by atoms with Crippen LogP contribution in [0.15, 0.2) is 71.0 Å². The van der Waals surface area contributed by atoms with Crippen molar-refractivity contribution in [3.63, 3.8) is 0 Å². The number of nitrogens with zero attached hydrogens (tertiary/aromatic N) is 3. The van der Waals surface area contributed by atoms with Crippen molar-refractivity contribution in [2.45, 2.75) is 38.1 Å². The number of ketones is 1. The van der Waals surface area contributed by atoms with Gasteiger partial charge in [0.2, 0.25) is 0 Å². The van der Waals surface area contributed by atoms with Crippen molar-refractivity contribution in [1.82, 2.24) is 5.16 Å². The van der Waals surface area contributed by atoms with Crippen molar-refractivity contribution in [3.05, 3.63) is 72.0 Å². The highest BCUT2D eigenvalue weighted by Gasteiger charge is 2.49. The van der Waals surface area contributed by atoms with Crippen LogP contribution in [0.5, 0.6) is 0 Å². The van der Waals surface area contributed by atoms with E-state index in [1.807, 2.05) is 55.4 Å². The predicted octanol–water partition coefficient (Wildman–Crippen LogP) is 5.24. The van der Waals surface area contributed by atoms with E-state index in [9.17, 15) is 14.7 Å². The minimum atomic E-state index is -0.629. The second-order valence-corrected chi connectivity index (χ2v) is 9.48. The maximum absolute atomic E-state index is 13.4. The number of carbonyl (C=O) groups excluding carboxylic acids is 2. The zero-order chi connectivity index (χ0) is 24.5. The third-order valence-corrected chi connectivity index (χ3v) is 7.12. The highest BCUT2D eigenvalue weighted by atomic mass is 16.5. The molecule has 2 aromatic carbocycles. The summed E-state index contributed by atoms with van der Waals surface area (Å²) in [6.07, 6.45) is 6.58. The largest absolute Gasteiger partial charge is 0.507 e. The van der Waals surface area contributed by atoms with Gasteiger partial charge < -0.3 is 14.5 Å². The molecule has 7 heteroatoms. The minimum Gasteiger partial charge on any atom is -0.507 e. The first kappa shape index (κ1) is 22.9. The molecule has 1 atom stereocenters. The lowest BCUT2D eigenvalue weighted by Crippen LogP contribution is -2.40. The lowest BCUT2D eigenvalue weighted by molar-refractivity contribution is -0.132. The van der Waals surface area contributed by atoms with Gasteiger partial charge >= 0.3 is 0 Å². The molecule has 7 nitrogen and oxygen atoms in total. The fraction of sp³-hybridized carbons (Fsp3) is 0.321. The Labute approximate surface area is 204 Å². The number of hydrogen-bond acceptors (Lipinski definition) is 6. The van der Waals surface area contributed by atoms with Gasteiger partial charge in [-0.2, -0.15) is 0 Å². The van der Waals surface area contributed by atoms with Gasteiger partial charge in [-0.1, -0.05) is 36.6 Å². The van der Waals surface area contributed by atoms with Crippen LogP contribution in [0, 0.1) is 5.92 Å². The summed E-state index contributed by atoms with van der Waals surface area (Å²) >= 11 is 0. The monoisotopic (exact) mass is 471 g/mol. The first-order valence-corrected chi connectivity index (χ1v) is 12.1. The Bertz CT molecular complexity index is 1240. The molecule has 5 rings (SSSR count). The molecule has 2 fully saturated rings. The van der Waals surface area contributed by atoms with Crippen molar-refractivity contribution in [1.29, 1.82) is 0 Å². The average molecular weight is 472 g/mol. The van der Waals surface area contributed by atoms with Crippen LogP contribution in [0.2, 0.25) is 0 Å². The highest BCUT2D eigenvalue weighted by Crippen LogP contribution is 2.41. The van der Waals surface area contributed by atoms with Gasteiger partial charge in [0.1, 0.15) is 17.7 Å². The van der Waals surface area contributed by atoms with Gasteiger partial charge in [0, 0.05) is 42.7 Å². The molecule has 1 amide bonds. The van der Waals surface area contributed by atoms with Crippen LogP contribution in [-0.4, -0.2) is 42.1 Å². The SMILES string of the molecule is CN(C)c1ccc(/C(O)=C2/C(=O)C(=O)N(c3ccc(-c4ccon4)cc3)C2C2CCCCC2)cc1. The van der Waals surface area contributed by atoms with Crippen LogP contribution in [-0.2, 0) is 9.59 Å². The van der Waals surface area contributed by atoms with Gasteiger partial charge in [-0.3, -0.25) is 14.5 Å². The number of anilines is 2. The van der Waals surface area contributed by atoms with Crippen LogP contribution >= 0.6 is 0 Å². The Morgan fingerprint density at radius 1 is 0.971 bits per heavy atom. The van der Waals surface area contributed by atoms with Crippen molar-refractivity contribution < 1.29 is 19.2 Å². The van der Waals surface area contributed by atoms with Gasteiger partial charge in [-0.05, 0) is 55.2 Å². The van der Waals surface area contributed by atoms with E-state index in [0.717, 1.165) is 43.4 Å². The first-order chi connectivity index (χ1) is 17.0. The zero-order valence-electron chi connectivity index (χ0n) is 20.0. The summed E-state index contributed by atoms with van der Waals surface area (Å²) in [5.74, 6) is -1.23. The normalized spacial score (nSPS) is 20.4. The fourth-order valence-corrected chi connectivity index (χ4v) is 5.26. The Hall–Kier alpha value is -3.87. The molecule has 1 saturated carbocycles. The predicted molar refractivity (Wildman–Crippen MR) is 135 cm³/mol. The molecular weight excluding hydrogens is 442 g/mol. The van der Waals surface area contributed by atoms with E-state index in [1.165, 1.54) is 6.26 Å². The molecule has 0 bridgehead atoms. The minimum absolute atomic E-state index is 0.104. The van der Waals surface area contributed by atoms with Crippen LogP contribution in [0.1, 0.15) is 37.7 Å². The summed E-state index contributed by atoms with van der Waals surface area (Å²) in [5, 5.41) is 15.3. The highest BCUT2D eigenvalue weighted by molar-refractivity contribution is 6.51. The smallest absolute Gasteiger partial charge is 0.299 e. The standard InChI is InChI=1S/C28H29N3O4/c1-30(2)21-12-10-20(11-13-21)26(32)24-25(19-6-4-3-5-7-19)31(28(34)27(24)33)22-14-8-18(9-15-22)23-16-17-35-29-23/h8-17,19,25,32H,3-7H2,1-2H3/b26-24-. The molecule has 1 aromatic heterocycles. The zero-order valence-corrected chi connectivity index (χ0v) is 20.0. The molecule has 3 aromatic rings. The molecule has 1 saturated heterocycles. The fourth-order valence-electron chi connectivity index (χ4n) is 5.26. The number of aliphatic hydroxyl groups is 1. The number of rotatable bonds is 5. The lowest BCUT2D eigenvalue weighted by atomic mass is 9.80. The second kappa shape index (κ2) is 9.41. The molecule has 1 unspecified atom stereocenters. The summed E-state index contributed by atoms with van der Waals surface area (Å²) < 4.78 is 4.93. The molecule has 2 aliphatic rings. The third kappa shape index (κ3) is 4.22. The summed E-state index contributed by atoms with van der Waals surface area (Å²) in [6, 6.07) is 16.0. The molecule has 0 radical (unpaired) electrons. The van der Waals surface area contributed by atoms with Crippen molar-refractivity contribution in [2.24, 2.45) is 5.92 Å². The number of carbonyl (C=O) groups is 2. The van der Waals surface area contributed by atoms with E-state index >= 15 is 0 Å². The van der Waals surface area contributed by atoms with E-state index in [2.05, 4.69) is 5.16 Å². The van der Waals surface area contributed by atoms with E-state index in [0.29, 0.717) is 16.9 Å². The van der Waals surface area contributed by atoms with Gasteiger partial charge in [0.15, 0.2) is 0 Å².